The fourth-order valence-corrected chi connectivity index (χ4v) is 2.56. The van der Waals surface area contributed by atoms with Gasteiger partial charge in [0, 0.05) is 31.3 Å². The van der Waals surface area contributed by atoms with Crippen molar-refractivity contribution in [2.45, 2.75) is 31.7 Å². The molecule has 4 nitrogen and oxygen atoms in total. The molecule has 0 spiro atoms. The lowest BCUT2D eigenvalue weighted by Gasteiger charge is -2.06. The second-order valence-electron chi connectivity index (χ2n) is 5.58. The minimum atomic E-state index is 0.584. The summed E-state index contributed by atoms with van der Waals surface area (Å²) in [4.78, 5) is 4.79. The maximum atomic E-state index is 4.79. The highest BCUT2D eigenvalue weighted by Gasteiger charge is 2.29. The van der Waals surface area contributed by atoms with Crippen molar-refractivity contribution in [2.75, 3.05) is 0 Å². The average Bonchev–Trinajstić information content (AvgIpc) is 3.09. The Bertz CT molecular complexity index is 709. The highest BCUT2D eigenvalue weighted by Crippen LogP contribution is 2.38. The highest BCUT2D eigenvalue weighted by atomic mass is 15.4. The molecule has 4 heteroatoms. The molecule has 0 amide bonds. The van der Waals surface area contributed by atoms with Crippen LogP contribution in [0.3, 0.4) is 0 Å². The summed E-state index contributed by atoms with van der Waals surface area (Å²) < 4.78 is 4.19. The molecule has 0 unspecified atom stereocenters. The zero-order chi connectivity index (χ0) is 14.1. The van der Waals surface area contributed by atoms with Crippen LogP contribution < -0.4 is 0 Å². The van der Waals surface area contributed by atoms with Crippen molar-refractivity contribution < 1.29 is 0 Å². The standard InChI is InChI=1S/C17H18N4/c1-2-6-15(7-3-1)21-16(10-13-20-11-4-5-12-20)18-17(19-21)14-8-9-14/h1-7,11-12,14H,8-10,13H2. The quantitative estimate of drug-likeness (QED) is 0.718. The summed E-state index contributed by atoms with van der Waals surface area (Å²) in [6.45, 7) is 0.933. The van der Waals surface area contributed by atoms with E-state index in [1.54, 1.807) is 0 Å². The van der Waals surface area contributed by atoms with Crippen LogP contribution in [-0.2, 0) is 13.0 Å². The minimum absolute atomic E-state index is 0.584. The predicted octanol–water partition coefficient (Wildman–Crippen LogP) is 3.19. The average molecular weight is 278 g/mol. The number of nitrogens with zero attached hydrogens (tertiary/aromatic N) is 4. The summed E-state index contributed by atoms with van der Waals surface area (Å²) in [6, 6.07) is 14.4. The molecule has 2 aromatic heterocycles. The molecule has 0 bridgehead atoms. The molecule has 0 atom stereocenters. The summed E-state index contributed by atoms with van der Waals surface area (Å²) >= 11 is 0. The van der Waals surface area contributed by atoms with Crippen LogP contribution in [-0.4, -0.2) is 19.3 Å². The molecule has 0 saturated heterocycles. The minimum Gasteiger partial charge on any atom is -0.354 e. The monoisotopic (exact) mass is 278 g/mol. The van der Waals surface area contributed by atoms with Crippen molar-refractivity contribution in [3.05, 3.63) is 66.5 Å². The van der Waals surface area contributed by atoms with E-state index in [1.165, 1.54) is 12.8 Å². The lowest BCUT2D eigenvalue weighted by atomic mass is 10.3. The number of aryl methyl sites for hydroxylation is 2. The predicted molar refractivity (Wildman–Crippen MR) is 81.5 cm³/mol. The molecule has 4 rings (SSSR count). The third kappa shape index (κ3) is 2.61. The Labute approximate surface area is 124 Å². The van der Waals surface area contributed by atoms with Crippen LogP contribution >= 0.6 is 0 Å². The van der Waals surface area contributed by atoms with Crippen LogP contribution in [0.5, 0.6) is 0 Å². The van der Waals surface area contributed by atoms with Gasteiger partial charge in [0.2, 0.25) is 0 Å². The van der Waals surface area contributed by atoms with Gasteiger partial charge in [-0.25, -0.2) is 9.67 Å². The molecule has 0 radical (unpaired) electrons. The van der Waals surface area contributed by atoms with Crippen LogP contribution in [0.25, 0.3) is 5.69 Å². The van der Waals surface area contributed by atoms with E-state index < -0.39 is 0 Å². The van der Waals surface area contributed by atoms with Crippen LogP contribution in [0.1, 0.15) is 30.4 Å². The van der Waals surface area contributed by atoms with Gasteiger partial charge < -0.3 is 4.57 Å². The van der Waals surface area contributed by atoms with Crippen molar-refractivity contribution in [3.8, 4) is 5.69 Å². The van der Waals surface area contributed by atoms with Gasteiger partial charge in [0.15, 0.2) is 5.82 Å². The van der Waals surface area contributed by atoms with Crippen molar-refractivity contribution in [1.82, 2.24) is 19.3 Å². The van der Waals surface area contributed by atoms with E-state index in [2.05, 4.69) is 41.2 Å². The Balaban J connectivity index is 1.64. The molecule has 0 aliphatic heterocycles. The highest BCUT2D eigenvalue weighted by molar-refractivity contribution is 5.31. The fourth-order valence-electron chi connectivity index (χ4n) is 2.56. The molecule has 2 heterocycles. The second-order valence-corrected chi connectivity index (χ2v) is 5.58. The Hall–Kier alpha value is -2.36. The number of hydrogen-bond donors (Lipinski definition) is 0. The number of para-hydroxylation sites is 1. The summed E-state index contributed by atoms with van der Waals surface area (Å²) in [5, 5.41) is 4.74. The van der Waals surface area contributed by atoms with E-state index in [0.717, 1.165) is 30.3 Å². The van der Waals surface area contributed by atoms with Crippen LogP contribution in [0.15, 0.2) is 54.9 Å². The molecule has 3 aromatic rings. The molecular formula is C17H18N4. The maximum absolute atomic E-state index is 4.79. The van der Waals surface area contributed by atoms with Crippen molar-refractivity contribution in [3.63, 3.8) is 0 Å². The van der Waals surface area contributed by atoms with E-state index in [-0.39, 0.29) is 0 Å². The topological polar surface area (TPSA) is 35.6 Å². The van der Waals surface area contributed by atoms with E-state index in [0.29, 0.717) is 5.92 Å². The zero-order valence-electron chi connectivity index (χ0n) is 11.9. The van der Waals surface area contributed by atoms with Crippen LogP contribution in [0, 0.1) is 0 Å². The summed E-state index contributed by atoms with van der Waals surface area (Å²) in [5.41, 5.74) is 1.10. The van der Waals surface area contributed by atoms with E-state index in [4.69, 9.17) is 10.1 Å². The molecule has 1 saturated carbocycles. The summed E-state index contributed by atoms with van der Waals surface area (Å²) in [6.07, 6.45) is 7.53. The number of rotatable bonds is 5. The number of hydrogen-bond acceptors (Lipinski definition) is 2. The van der Waals surface area contributed by atoms with Crippen molar-refractivity contribution >= 4 is 0 Å². The van der Waals surface area contributed by atoms with Gasteiger partial charge in [-0.3, -0.25) is 0 Å². The van der Waals surface area contributed by atoms with Gasteiger partial charge in [-0.05, 0) is 37.1 Å². The molecular weight excluding hydrogens is 260 g/mol. The van der Waals surface area contributed by atoms with Crippen LogP contribution in [0.2, 0.25) is 0 Å². The zero-order valence-corrected chi connectivity index (χ0v) is 11.9. The van der Waals surface area contributed by atoms with E-state index >= 15 is 0 Å². The van der Waals surface area contributed by atoms with Gasteiger partial charge >= 0.3 is 0 Å². The molecule has 0 N–H and O–H groups in total. The first-order valence-corrected chi connectivity index (χ1v) is 7.52. The van der Waals surface area contributed by atoms with Gasteiger partial charge in [0.05, 0.1) is 5.69 Å². The van der Waals surface area contributed by atoms with Gasteiger partial charge in [-0.1, -0.05) is 18.2 Å². The summed E-state index contributed by atoms with van der Waals surface area (Å²) in [7, 11) is 0. The number of benzene rings is 1. The smallest absolute Gasteiger partial charge is 0.154 e. The third-order valence-corrected chi connectivity index (χ3v) is 3.89. The SMILES string of the molecule is c1ccc(-n2nc(C3CC3)nc2CCn2cccc2)cc1. The third-order valence-electron chi connectivity index (χ3n) is 3.89. The Morgan fingerprint density at radius 1 is 1.00 bits per heavy atom. The molecule has 21 heavy (non-hydrogen) atoms. The Morgan fingerprint density at radius 2 is 1.76 bits per heavy atom. The second kappa shape index (κ2) is 5.20. The van der Waals surface area contributed by atoms with E-state index in [9.17, 15) is 0 Å². The normalized spacial score (nSPS) is 14.5. The molecule has 106 valence electrons. The van der Waals surface area contributed by atoms with Gasteiger partial charge in [-0.15, -0.1) is 0 Å². The first-order valence-electron chi connectivity index (χ1n) is 7.52. The molecule has 1 fully saturated rings. The number of aromatic nitrogens is 4. The van der Waals surface area contributed by atoms with E-state index in [1.807, 2.05) is 22.9 Å². The largest absolute Gasteiger partial charge is 0.354 e. The molecule has 1 aliphatic rings. The summed E-state index contributed by atoms with van der Waals surface area (Å²) in [5.74, 6) is 2.65. The van der Waals surface area contributed by atoms with Gasteiger partial charge in [0.25, 0.3) is 0 Å². The molecule has 1 aromatic carbocycles. The lowest BCUT2D eigenvalue weighted by Crippen LogP contribution is -2.07. The van der Waals surface area contributed by atoms with Crippen molar-refractivity contribution in [2.24, 2.45) is 0 Å². The Morgan fingerprint density at radius 3 is 2.48 bits per heavy atom. The Kier molecular flexibility index (Phi) is 3.07. The lowest BCUT2D eigenvalue weighted by molar-refractivity contribution is 0.656. The van der Waals surface area contributed by atoms with Crippen molar-refractivity contribution in [1.29, 1.82) is 0 Å². The first-order chi connectivity index (χ1) is 10.4. The fraction of sp³-hybridized carbons (Fsp3) is 0.294. The first kappa shape index (κ1) is 12.4. The maximum Gasteiger partial charge on any atom is 0.154 e. The molecule has 1 aliphatic carbocycles. The van der Waals surface area contributed by atoms with Gasteiger partial charge in [0.1, 0.15) is 5.82 Å². The van der Waals surface area contributed by atoms with Crippen LogP contribution in [0.4, 0.5) is 0 Å². The van der Waals surface area contributed by atoms with Gasteiger partial charge in [-0.2, -0.15) is 5.10 Å².